The lowest BCUT2D eigenvalue weighted by Gasteiger charge is -1.94. The summed E-state index contributed by atoms with van der Waals surface area (Å²) in [5.74, 6) is 0. The van der Waals surface area contributed by atoms with Gasteiger partial charge in [-0.25, -0.2) is 4.98 Å². The van der Waals surface area contributed by atoms with E-state index in [4.69, 9.17) is 5.11 Å². The highest BCUT2D eigenvalue weighted by Crippen LogP contribution is 2.21. The lowest BCUT2D eigenvalue weighted by molar-refractivity contribution is 0.276. The summed E-state index contributed by atoms with van der Waals surface area (Å²) in [5, 5.41) is 10.2. The summed E-state index contributed by atoms with van der Waals surface area (Å²) >= 11 is 1.67. The van der Waals surface area contributed by atoms with E-state index >= 15 is 0 Å². The normalized spacial score (nSPS) is 10.6. The van der Waals surface area contributed by atoms with Crippen LogP contribution in [0.1, 0.15) is 28.2 Å². The summed E-state index contributed by atoms with van der Waals surface area (Å²) in [5.41, 5.74) is 1.84. The van der Waals surface area contributed by atoms with Gasteiger partial charge in [-0.15, -0.1) is 11.3 Å². The molecular weight excluding hydrogens is 220 g/mol. The fourth-order valence-electron chi connectivity index (χ4n) is 1.57. The average Bonchev–Trinajstić information content (AvgIpc) is 2.72. The number of nitrogens with zero attached hydrogens (tertiary/aromatic N) is 2. The van der Waals surface area contributed by atoms with Gasteiger partial charge in [0, 0.05) is 23.2 Å². The molecule has 2 heterocycles. The zero-order valence-electron chi connectivity index (χ0n) is 9.18. The first-order chi connectivity index (χ1) is 7.83. The summed E-state index contributed by atoms with van der Waals surface area (Å²) in [4.78, 5) is 9.87. The van der Waals surface area contributed by atoms with E-state index in [9.17, 15) is 0 Å². The van der Waals surface area contributed by atoms with Crippen LogP contribution in [0.4, 0.5) is 0 Å². The molecule has 0 radical (unpaired) electrons. The first-order valence-electron chi connectivity index (χ1n) is 5.31. The quantitative estimate of drug-likeness (QED) is 0.882. The molecule has 4 heteroatoms. The van der Waals surface area contributed by atoms with Crippen LogP contribution < -0.4 is 0 Å². The highest BCUT2D eigenvalue weighted by atomic mass is 32.1. The lowest BCUT2D eigenvalue weighted by Crippen LogP contribution is -1.92. The van der Waals surface area contributed by atoms with E-state index < -0.39 is 0 Å². The number of aryl methyl sites for hydroxylation is 1. The fraction of sp³-hybridized carbons (Fsp3) is 0.333. The average molecular weight is 234 g/mol. The lowest BCUT2D eigenvalue weighted by atomic mass is 10.3. The Morgan fingerprint density at radius 2 is 2.25 bits per heavy atom. The molecule has 0 saturated carbocycles. The van der Waals surface area contributed by atoms with E-state index in [2.05, 4.69) is 16.9 Å². The van der Waals surface area contributed by atoms with Gasteiger partial charge in [0.15, 0.2) is 0 Å². The van der Waals surface area contributed by atoms with Crippen molar-refractivity contribution >= 4 is 11.3 Å². The van der Waals surface area contributed by atoms with Gasteiger partial charge in [0.1, 0.15) is 0 Å². The van der Waals surface area contributed by atoms with Crippen LogP contribution >= 0.6 is 11.3 Å². The smallest absolute Gasteiger partial charge is 0.0991 e. The number of aliphatic hydroxyl groups is 1. The Morgan fingerprint density at radius 1 is 1.38 bits per heavy atom. The minimum atomic E-state index is 0.0297. The van der Waals surface area contributed by atoms with E-state index in [1.54, 1.807) is 17.5 Å². The predicted molar refractivity (Wildman–Crippen MR) is 64.5 cm³/mol. The molecule has 0 bridgehead atoms. The van der Waals surface area contributed by atoms with Crippen molar-refractivity contribution in [3.8, 4) is 0 Å². The van der Waals surface area contributed by atoms with Gasteiger partial charge in [0.25, 0.3) is 0 Å². The standard InChI is InChI=1S/C12H14N2OS/c1-2-11-10(8-15)14-12(16-11)7-9-5-3-4-6-13-9/h3-6,15H,2,7-8H2,1H3. The van der Waals surface area contributed by atoms with Crippen LogP contribution in [0, 0.1) is 0 Å². The third kappa shape index (κ3) is 2.46. The monoisotopic (exact) mass is 234 g/mol. The second kappa shape index (κ2) is 5.18. The summed E-state index contributed by atoms with van der Waals surface area (Å²) in [7, 11) is 0. The van der Waals surface area contributed by atoms with Gasteiger partial charge in [-0.3, -0.25) is 4.98 Å². The van der Waals surface area contributed by atoms with Crippen LogP contribution in [0.3, 0.4) is 0 Å². The highest BCUT2D eigenvalue weighted by Gasteiger charge is 2.09. The van der Waals surface area contributed by atoms with Crippen molar-refractivity contribution in [1.29, 1.82) is 0 Å². The van der Waals surface area contributed by atoms with E-state index in [1.807, 2.05) is 18.2 Å². The maximum absolute atomic E-state index is 9.16. The molecule has 0 aliphatic rings. The molecule has 0 aliphatic carbocycles. The molecular formula is C12H14N2OS. The number of hydrogen-bond donors (Lipinski definition) is 1. The SMILES string of the molecule is CCc1sc(Cc2ccccn2)nc1CO. The summed E-state index contributed by atoms with van der Waals surface area (Å²) in [6.45, 7) is 2.11. The Labute approximate surface area is 98.8 Å². The summed E-state index contributed by atoms with van der Waals surface area (Å²) < 4.78 is 0. The summed E-state index contributed by atoms with van der Waals surface area (Å²) in [6, 6.07) is 5.87. The number of aromatic nitrogens is 2. The van der Waals surface area contributed by atoms with Crippen molar-refractivity contribution < 1.29 is 5.11 Å². The maximum atomic E-state index is 9.16. The van der Waals surface area contributed by atoms with Gasteiger partial charge in [-0.05, 0) is 18.6 Å². The fourth-order valence-corrected chi connectivity index (χ4v) is 2.60. The molecule has 2 rings (SSSR count). The molecule has 16 heavy (non-hydrogen) atoms. The zero-order chi connectivity index (χ0) is 11.4. The van der Waals surface area contributed by atoms with Crippen LogP contribution in [0.2, 0.25) is 0 Å². The van der Waals surface area contributed by atoms with Crippen LogP contribution in [-0.2, 0) is 19.4 Å². The zero-order valence-corrected chi connectivity index (χ0v) is 10.00. The molecule has 2 aromatic heterocycles. The molecule has 0 unspecified atom stereocenters. The highest BCUT2D eigenvalue weighted by molar-refractivity contribution is 7.11. The Hall–Kier alpha value is -1.26. The third-order valence-electron chi connectivity index (χ3n) is 2.35. The maximum Gasteiger partial charge on any atom is 0.0991 e. The van der Waals surface area contributed by atoms with Gasteiger partial charge in [-0.2, -0.15) is 0 Å². The molecule has 1 N–H and O–H groups in total. The minimum Gasteiger partial charge on any atom is -0.390 e. The first-order valence-corrected chi connectivity index (χ1v) is 6.13. The molecule has 3 nitrogen and oxygen atoms in total. The van der Waals surface area contributed by atoms with Crippen LogP contribution in [-0.4, -0.2) is 15.1 Å². The van der Waals surface area contributed by atoms with Gasteiger partial charge >= 0.3 is 0 Å². The molecule has 0 aliphatic heterocycles. The largest absolute Gasteiger partial charge is 0.390 e. The molecule has 0 spiro atoms. The second-order valence-electron chi connectivity index (χ2n) is 3.49. The van der Waals surface area contributed by atoms with Crippen molar-refractivity contribution in [2.24, 2.45) is 0 Å². The van der Waals surface area contributed by atoms with Crippen molar-refractivity contribution in [2.45, 2.75) is 26.4 Å². The van der Waals surface area contributed by atoms with Crippen molar-refractivity contribution in [3.63, 3.8) is 0 Å². The molecule has 0 amide bonds. The van der Waals surface area contributed by atoms with Crippen molar-refractivity contribution in [2.75, 3.05) is 0 Å². The number of aliphatic hydroxyl groups excluding tert-OH is 1. The Morgan fingerprint density at radius 3 is 2.81 bits per heavy atom. The Kier molecular flexibility index (Phi) is 3.64. The summed E-state index contributed by atoms with van der Waals surface area (Å²) in [6.07, 6.45) is 3.46. The predicted octanol–water partition coefficient (Wildman–Crippen LogP) is 2.18. The molecule has 0 saturated heterocycles. The molecule has 0 atom stereocenters. The number of hydrogen-bond acceptors (Lipinski definition) is 4. The van der Waals surface area contributed by atoms with E-state index in [0.717, 1.165) is 29.2 Å². The number of thiazole rings is 1. The van der Waals surface area contributed by atoms with E-state index in [0.29, 0.717) is 0 Å². The topological polar surface area (TPSA) is 46.0 Å². The number of pyridine rings is 1. The Bertz CT molecular complexity index is 432. The van der Waals surface area contributed by atoms with E-state index in [1.165, 1.54) is 4.88 Å². The van der Waals surface area contributed by atoms with Crippen molar-refractivity contribution in [1.82, 2.24) is 9.97 Å². The van der Waals surface area contributed by atoms with Crippen LogP contribution in [0.25, 0.3) is 0 Å². The van der Waals surface area contributed by atoms with Crippen LogP contribution in [0.15, 0.2) is 24.4 Å². The number of rotatable bonds is 4. The molecule has 0 fully saturated rings. The molecule has 2 aromatic rings. The van der Waals surface area contributed by atoms with Gasteiger partial charge in [0.2, 0.25) is 0 Å². The van der Waals surface area contributed by atoms with Gasteiger partial charge in [0.05, 0.1) is 17.3 Å². The minimum absolute atomic E-state index is 0.0297. The van der Waals surface area contributed by atoms with Crippen molar-refractivity contribution in [3.05, 3.63) is 45.7 Å². The molecule has 84 valence electrons. The van der Waals surface area contributed by atoms with Crippen LogP contribution in [0.5, 0.6) is 0 Å². The second-order valence-corrected chi connectivity index (χ2v) is 4.66. The first kappa shape index (κ1) is 11.2. The van der Waals surface area contributed by atoms with E-state index in [-0.39, 0.29) is 6.61 Å². The Balaban J connectivity index is 2.19. The van der Waals surface area contributed by atoms with Gasteiger partial charge < -0.3 is 5.11 Å². The molecule has 0 aromatic carbocycles. The van der Waals surface area contributed by atoms with Gasteiger partial charge in [-0.1, -0.05) is 13.0 Å². The third-order valence-corrected chi connectivity index (χ3v) is 3.59.